The Labute approximate surface area is 113 Å². The molecule has 2 atom stereocenters. The first-order valence-corrected chi connectivity index (χ1v) is 7.40. The van der Waals surface area contributed by atoms with Crippen LogP contribution in [0, 0.1) is 5.92 Å². The van der Waals surface area contributed by atoms with Crippen molar-refractivity contribution in [3.8, 4) is 0 Å². The standard InChI is InChI=1S/C15H24O.C2H6/c1-4-6-10-13(5-2)15(3,16)14-11-8-7-9-12-14;1-2/h7-9,11-13,16H,4-6,10H2,1-3H3;1-2H3. The first-order valence-electron chi connectivity index (χ1n) is 7.40. The van der Waals surface area contributed by atoms with Crippen molar-refractivity contribution in [3.63, 3.8) is 0 Å². The molecule has 1 rings (SSSR count). The average molecular weight is 250 g/mol. The van der Waals surface area contributed by atoms with Crippen molar-refractivity contribution >= 4 is 0 Å². The summed E-state index contributed by atoms with van der Waals surface area (Å²) in [4.78, 5) is 0. The molecular formula is C17H30O. The first-order chi connectivity index (χ1) is 8.62. The molecule has 0 bridgehead atoms. The molecular weight excluding hydrogens is 220 g/mol. The number of unbranched alkanes of at least 4 members (excludes halogenated alkanes) is 1. The second-order valence-electron chi connectivity index (χ2n) is 4.76. The Balaban J connectivity index is 0.00000137. The Kier molecular flexibility index (Phi) is 8.74. The molecule has 0 radical (unpaired) electrons. The summed E-state index contributed by atoms with van der Waals surface area (Å²) in [7, 11) is 0. The van der Waals surface area contributed by atoms with Crippen LogP contribution in [-0.4, -0.2) is 5.11 Å². The molecule has 1 aromatic carbocycles. The molecule has 0 saturated heterocycles. The molecule has 0 aliphatic rings. The van der Waals surface area contributed by atoms with Crippen molar-refractivity contribution < 1.29 is 5.11 Å². The van der Waals surface area contributed by atoms with E-state index in [-0.39, 0.29) is 0 Å². The molecule has 0 aromatic heterocycles. The van der Waals surface area contributed by atoms with E-state index in [1.807, 2.05) is 51.1 Å². The van der Waals surface area contributed by atoms with Crippen LogP contribution < -0.4 is 0 Å². The van der Waals surface area contributed by atoms with E-state index in [0.29, 0.717) is 5.92 Å². The van der Waals surface area contributed by atoms with E-state index >= 15 is 0 Å². The molecule has 1 nitrogen and oxygen atoms in total. The summed E-state index contributed by atoms with van der Waals surface area (Å²) in [6.45, 7) is 10.3. The van der Waals surface area contributed by atoms with Gasteiger partial charge < -0.3 is 5.11 Å². The molecule has 1 aromatic rings. The molecule has 0 aliphatic heterocycles. The smallest absolute Gasteiger partial charge is 0.0896 e. The highest BCUT2D eigenvalue weighted by Gasteiger charge is 2.31. The zero-order valence-corrected chi connectivity index (χ0v) is 12.7. The van der Waals surface area contributed by atoms with Gasteiger partial charge in [-0.2, -0.15) is 0 Å². The van der Waals surface area contributed by atoms with E-state index in [1.54, 1.807) is 0 Å². The van der Waals surface area contributed by atoms with Gasteiger partial charge in [0.1, 0.15) is 0 Å². The van der Waals surface area contributed by atoms with Gasteiger partial charge in [-0.25, -0.2) is 0 Å². The van der Waals surface area contributed by atoms with Gasteiger partial charge in [0, 0.05) is 0 Å². The quantitative estimate of drug-likeness (QED) is 0.741. The third-order valence-electron chi connectivity index (χ3n) is 3.55. The van der Waals surface area contributed by atoms with Gasteiger partial charge in [-0.1, -0.05) is 77.3 Å². The summed E-state index contributed by atoms with van der Waals surface area (Å²) in [5.41, 5.74) is 0.350. The maximum absolute atomic E-state index is 10.7. The van der Waals surface area contributed by atoms with Gasteiger partial charge in [-0.05, 0) is 24.8 Å². The fourth-order valence-corrected chi connectivity index (χ4v) is 2.34. The molecule has 0 heterocycles. The van der Waals surface area contributed by atoms with Crippen molar-refractivity contribution in [2.45, 2.75) is 65.9 Å². The van der Waals surface area contributed by atoms with Gasteiger partial charge in [-0.15, -0.1) is 0 Å². The van der Waals surface area contributed by atoms with Crippen LogP contribution in [0.3, 0.4) is 0 Å². The first kappa shape index (κ1) is 17.2. The lowest BCUT2D eigenvalue weighted by Crippen LogP contribution is -2.31. The van der Waals surface area contributed by atoms with Gasteiger partial charge >= 0.3 is 0 Å². The van der Waals surface area contributed by atoms with E-state index in [1.165, 1.54) is 12.8 Å². The van der Waals surface area contributed by atoms with Crippen LogP contribution >= 0.6 is 0 Å². The molecule has 18 heavy (non-hydrogen) atoms. The second-order valence-corrected chi connectivity index (χ2v) is 4.76. The van der Waals surface area contributed by atoms with Crippen molar-refractivity contribution in [2.24, 2.45) is 5.92 Å². The Hall–Kier alpha value is -0.820. The van der Waals surface area contributed by atoms with Crippen molar-refractivity contribution in [1.29, 1.82) is 0 Å². The molecule has 1 N–H and O–H groups in total. The van der Waals surface area contributed by atoms with Crippen LogP contribution in [0.1, 0.15) is 65.9 Å². The zero-order chi connectivity index (χ0) is 14.0. The monoisotopic (exact) mass is 250 g/mol. The Morgan fingerprint density at radius 3 is 2.11 bits per heavy atom. The van der Waals surface area contributed by atoms with Crippen molar-refractivity contribution in [3.05, 3.63) is 35.9 Å². The Bertz CT molecular complexity index is 290. The highest BCUT2D eigenvalue weighted by Crippen LogP contribution is 2.34. The third kappa shape index (κ3) is 4.81. The lowest BCUT2D eigenvalue weighted by atomic mass is 9.78. The third-order valence-corrected chi connectivity index (χ3v) is 3.55. The fraction of sp³-hybridized carbons (Fsp3) is 0.647. The van der Waals surface area contributed by atoms with Crippen LogP contribution in [0.4, 0.5) is 0 Å². The molecule has 0 fully saturated rings. The average Bonchev–Trinajstić information content (AvgIpc) is 2.42. The van der Waals surface area contributed by atoms with E-state index in [2.05, 4.69) is 13.8 Å². The van der Waals surface area contributed by atoms with Gasteiger partial charge in [-0.3, -0.25) is 0 Å². The summed E-state index contributed by atoms with van der Waals surface area (Å²) < 4.78 is 0. The van der Waals surface area contributed by atoms with Crippen molar-refractivity contribution in [1.82, 2.24) is 0 Å². The minimum Gasteiger partial charge on any atom is -0.385 e. The summed E-state index contributed by atoms with van der Waals surface area (Å²) in [5.74, 6) is 0.356. The number of hydrogen-bond acceptors (Lipinski definition) is 1. The Morgan fingerprint density at radius 1 is 1.11 bits per heavy atom. The molecule has 1 heteroatoms. The maximum atomic E-state index is 10.7. The lowest BCUT2D eigenvalue weighted by Gasteiger charge is -2.33. The van der Waals surface area contributed by atoms with Gasteiger partial charge in [0.2, 0.25) is 0 Å². The number of aliphatic hydroxyl groups is 1. The normalized spacial score (nSPS) is 15.2. The number of rotatable bonds is 6. The van der Waals surface area contributed by atoms with Crippen LogP contribution in [-0.2, 0) is 5.60 Å². The van der Waals surface area contributed by atoms with E-state index in [4.69, 9.17) is 0 Å². The zero-order valence-electron chi connectivity index (χ0n) is 12.7. The predicted molar refractivity (Wildman–Crippen MR) is 80.7 cm³/mol. The van der Waals surface area contributed by atoms with Gasteiger partial charge in [0.15, 0.2) is 0 Å². The summed E-state index contributed by atoms with van der Waals surface area (Å²) in [5, 5.41) is 10.7. The van der Waals surface area contributed by atoms with Crippen molar-refractivity contribution in [2.75, 3.05) is 0 Å². The SMILES string of the molecule is CC.CCCCC(CC)C(C)(O)c1ccccc1. The van der Waals surface area contributed by atoms with E-state index in [0.717, 1.165) is 18.4 Å². The lowest BCUT2D eigenvalue weighted by molar-refractivity contribution is -0.0123. The van der Waals surface area contributed by atoms with Gasteiger partial charge in [0.05, 0.1) is 5.60 Å². The summed E-state index contributed by atoms with van der Waals surface area (Å²) in [6, 6.07) is 10.0. The highest BCUT2D eigenvalue weighted by molar-refractivity contribution is 5.22. The molecule has 0 saturated carbocycles. The van der Waals surface area contributed by atoms with Crippen LogP contribution in [0.2, 0.25) is 0 Å². The minimum atomic E-state index is -0.689. The predicted octanol–water partition coefficient (Wildman–Crippen LogP) is 5.14. The summed E-state index contributed by atoms with van der Waals surface area (Å²) in [6.07, 6.45) is 4.53. The molecule has 2 unspecified atom stereocenters. The van der Waals surface area contributed by atoms with E-state index < -0.39 is 5.60 Å². The fourth-order valence-electron chi connectivity index (χ4n) is 2.34. The second kappa shape index (κ2) is 9.16. The van der Waals surface area contributed by atoms with Crippen LogP contribution in [0.25, 0.3) is 0 Å². The number of benzene rings is 1. The maximum Gasteiger partial charge on any atom is 0.0896 e. The molecule has 0 aliphatic carbocycles. The largest absolute Gasteiger partial charge is 0.385 e. The summed E-state index contributed by atoms with van der Waals surface area (Å²) >= 11 is 0. The topological polar surface area (TPSA) is 20.2 Å². The molecule has 0 spiro atoms. The molecule has 0 amide bonds. The minimum absolute atomic E-state index is 0.356. The van der Waals surface area contributed by atoms with Gasteiger partial charge in [0.25, 0.3) is 0 Å². The van der Waals surface area contributed by atoms with E-state index in [9.17, 15) is 5.11 Å². The van der Waals surface area contributed by atoms with Crippen LogP contribution in [0.5, 0.6) is 0 Å². The number of hydrogen-bond donors (Lipinski definition) is 1. The Morgan fingerprint density at radius 2 is 1.67 bits per heavy atom. The molecule has 104 valence electrons. The highest BCUT2D eigenvalue weighted by atomic mass is 16.3. The van der Waals surface area contributed by atoms with Crippen LogP contribution in [0.15, 0.2) is 30.3 Å².